The normalized spacial score (nSPS) is 20.6. The predicted octanol–water partition coefficient (Wildman–Crippen LogP) is 3.31. The van der Waals surface area contributed by atoms with E-state index in [4.69, 9.17) is 11.6 Å². The number of aliphatic hydroxyl groups excluding tert-OH is 1. The van der Waals surface area contributed by atoms with Crippen LogP contribution < -0.4 is 0 Å². The Morgan fingerprint density at radius 1 is 1.50 bits per heavy atom. The number of hydrogen-bond donors (Lipinski definition) is 1. The molecule has 0 bridgehead atoms. The second-order valence-corrected chi connectivity index (χ2v) is 4.66. The summed E-state index contributed by atoms with van der Waals surface area (Å²) in [6.07, 6.45) is 1.20. The molecule has 1 N–H and O–H groups in total. The molecular formula is C11H12ClFO. The Hall–Kier alpha value is -0.600. The lowest BCUT2D eigenvalue weighted by Gasteiger charge is -2.18. The van der Waals surface area contributed by atoms with E-state index in [9.17, 15) is 9.50 Å². The average Bonchev–Trinajstić information content (AvgIpc) is 2.84. The lowest BCUT2D eigenvalue weighted by molar-refractivity contribution is 0.0998. The largest absolute Gasteiger partial charge is 0.388 e. The molecule has 2 rings (SSSR count). The lowest BCUT2D eigenvalue weighted by atomic mass is 9.94. The van der Waals surface area contributed by atoms with Crippen LogP contribution in [-0.2, 0) is 0 Å². The minimum atomic E-state index is -0.709. The van der Waals surface area contributed by atoms with E-state index in [2.05, 4.69) is 0 Å². The minimum Gasteiger partial charge on any atom is -0.388 e. The van der Waals surface area contributed by atoms with Gasteiger partial charge in [0.05, 0.1) is 6.10 Å². The highest BCUT2D eigenvalue weighted by Crippen LogP contribution is 2.54. The fourth-order valence-corrected chi connectivity index (χ4v) is 1.73. The van der Waals surface area contributed by atoms with Crippen LogP contribution in [0.25, 0.3) is 0 Å². The fourth-order valence-electron chi connectivity index (χ4n) is 1.57. The van der Waals surface area contributed by atoms with Crippen LogP contribution in [0, 0.1) is 11.2 Å². The third kappa shape index (κ3) is 1.64. The van der Waals surface area contributed by atoms with Gasteiger partial charge in [0.15, 0.2) is 0 Å². The van der Waals surface area contributed by atoms with Crippen LogP contribution >= 0.6 is 11.6 Å². The van der Waals surface area contributed by atoms with Crippen molar-refractivity contribution in [3.05, 3.63) is 34.6 Å². The standard InChI is InChI=1S/C11H12ClFO/c1-11(4-5-11)10(14)8-3-2-7(12)6-9(8)13/h2-3,6,10,14H,4-5H2,1H3. The van der Waals surface area contributed by atoms with Crippen LogP contribution in [0.3, 0.4) is 0 Å². The fraction of sp³-hybridized carbons (Fsp3) is 0.455. The molecule has 1 nitrogen and oxygen atoms in total. The van der Waals surface area contributed by atoms with Crippen LogP contribution in [0.5, 0.6) is 0 Å². The first kappa shape index (κ1) is 9.94. The van der Waals surface area contributed by atoms with Crippen molar-refractivity contribution in [3.8, 4) is 0 Å². The van der Waals surface area contributed by atoms with Crippen LogP contribution in [0.15, 0.2) is 18.2 Å². The SMILES string of the molecule is CC1(C(O)c2ccc(Cl)cc2F)CC1. The van der Waals surface area contributed by atoms with Gasteiger partial charge >= 0.3 is 0 Å². The minimum absolute atomic E-state index is 0.130. The van der Waals surface area contributed by atoms with E-state index in [0.717, 1.165) is 12.8 Å². The quantitative estimate of drug-likeness (QED) is 0.801. The number of aliphatic hydroxyl groups is 1. The predicted molar refractivity (Wildman–Crippen MR) is 53.7 cm³/mol. The molecule has 3 heteroatoms. The molecule has 1 aromatic carbocycles. The highest BCUT2D eigenvalue weighted by atomic mass is 35.5. The van der Waals surface area contributed by atoms with Crippen LogP contribution in [-0.4, -0.2) is 5.11 Å². The number of rotatable bonds is 2. The Labute approximate surface area is 87.5 Å². The zero-order chi connectivity index (χ0) is 10.3. The van der Waals surface area contributed by atoms with Gasteiger partial charge in [-0.25, -0.2) is 4.39 Å². The van der Waals surface area contributed by atoms with E-state index in [0.29, 0.717) is 10.6 Å². The molecule has 0 spiro atoms. The summed E-state index contributed by atoms with van der Waals surface area (Å²) in [7, 11) is 0. The van der Waals surface area contributed by atoms with Crippen LogP contribution in [0.1, 0.15) is 31.4 Å². The van der Waals surface area contributed by atoms with Gasteiger partial charge in [-0.3, -0.25) is 0 Å². The summed E-state index contributed by atoms with van der Waals surface area (Å²) >= 11 is 5.63. The molecule has 1 fully saturated rings. The summed E-state index contributed by atoms with van der Waals surface area (Å²) in [5, 5.41) is 10.3. The van der Waals surface area contributed by atoms with Crippen molar-refractivity contribution < 1.29 is 9.50 Å². The molecule has 0 aromatic heterocycles. The molecule has 0 heterocycles. The van der Waals surface area contributed by atoms with E-state index in [1.54, 1.807) is 12.1 Å². The van der Waals surface area contributed by atoms with Crippen LogP contribution in [0.2, 0.25) is 5.02 Å². The lowest BCUT2D eigenvalue weighted by Crippen LogP contribution is -2.11. The summed E-state index contributed by atoms with van der Waals surface area (Å²) in [6, 6.07) is 4.41. The molecule has 14 heavy (non-hydrogen) atoms. The molecule has 76 valence electrons. The molecule has 1 aliphatic carbocycles. The Bertz CT molecular complexity index is 360. The van der Waals surface area contributed by atoms with Crippen molar-refractivity contribution in [3.63, 3.8) is 0 Å². The second kappa shape index (κ2) is 3.21. The van der Waals surface area contributed by atoms with Gasteiger partial charge in [-0.05, 0) is 30.4 Å². The van der Waals surface area contributed by atoms with Crippen LogP contribution in [0.4, 0.5) is 4.39 Å². The maximum absolute atomic E-state index is 13.4. The first-order valence-electron chi connectivity index (χ1n) is 4.66. The van der Waals surface area contributed by atoms with Crippen molar-refractivity contribution in [2.45, 2.75) is 25.9 Å². The van der Waals surface area contributed by atoms with Gasteiger partial charge < -0.3 is 5.11 Å². The maximum Gasteiger partial charge on any atom is 0.130 e. The van der Waals surface area contributed by atoms with E-state index >= 15 is 0 Å². The molecule has 1 atom stereocenters. The van der Waals surface area contributed by atoms with Gasteiger partial charge in [0, 0.05) is 10.6 Å². The summed E-state index contributed by atoms with van der Waals surface area (Å²) in [5.74, 6) is -0.418. The second-order valence-electron chi connectivity index (χ2n) is 4.22. The summed E-state index contributed by atoms with van der Waals surface area (Å²) in [5.41, 5.74) is 0.226. The molecule has 1 unspecified atom stereocenters. The van der Waals surface area contributed by atoms with Gasteiger partial charge in [-0.15, -0.1) is 0 Å². The van der Waals surface area contributed by atoms with Gasteiger partial charge in [0.1, 0.15) is 5.82 Å². The zero-order valence-electron chi connectivity index (χ0n) is 7.93. The zero-order valence-corrected chi connectivity index (χ0v) is 8.68. The highest BCUT2D eigenvalue weighted by Gasteiger charge is 2.45. The van der Waals surface area contributed by atoms with Crippen molar-refractivity contribution in [1.29, 1.82) is 0 Å². The molecular weight excluding hydrogens is 203 g/mol. The average molecular weight is 215 g/mol. The van der Waals surface area contributed by atoms with Gasteiger partial charge in [-0.2, -0.15) is 0 Å². The van der Waals surface area contributed by atoms with E-state index in [-0.39, 0.29) is 5.41 Å². The summed E-state index contributed by atoms with van der Waals surface area (Å²) in [4.78, 5) is 0. The number of halogens is 2. The first-order valence-corrected chi connectivity index (χ1v) is 5.04. The van der Waals surface area contributed by atoms with Gasteiger partial charge in [-0.1, -0.05) is 24.6 Å². The Balaban J connectivity index is 2.32. The Kier molecular flexibility index (Phi) is 2.28. The third-order valence-corrected chi connectivity index (χ3v) is 3.19. The molecule has 1 saturated carbocycles. The topological polar surface area (TPSA) is 20.2 Å². The number of benzene rings is 1. The van der Waals surface area contributed by atoms with Crippen molar-refractivity contribution in [2.24, 2.45) is 5.41 Å². The van der Waals surface area contributed by atoms with Crippen molar-refractivity contribution in [1.82, 2.24) is 0 Å². The molecule has 0 amide bonds. The molecule has 1 aromatic rings. The Morgan fingerprint density at radius 2 is 2.14 bits per heavy atom. The maximum atomic E-state index is 13.4. The van der Waals surface area contributed by atoms with E-state index in [1.165, 1.54) is 6.07 Å². The highest BCUT2D eigenvalue weighted by molar-refractivity contribution is 6.30. The van der Waals surface area contributed by atoms with E-state index < -0.39 is 11.9 Å². The molecule has 0 aliphatic heterocycles. The summed E-state index contributed by atoms with van der Waals surface area (Å²) in [6.45, 7) is 1.96. The van der Waals surface area contributed by atoms with Crippen molar-refractivity contribution >= 4 is 11.6 Å². The van der Waals surface area contributed by atoms with Crippen molar-refractivity contribution in [2.75, 3.05) is 0 Å². The van der Waals surface area contributed by atoms with E-state index in [1.807, 2.05) is 6.92 Å². The Morgan fingerprint density at radius 3 is 2.64 bits per heavy atom. The molecule has 0 saturated heterocycles. The molecule has 0 radical (unpaired) electrons. The third-order valence-electron chi connectivity index (χ3n) is 2.96. The van der Waals surface area contributed by atoms with Gasteiger partial charge in [0.25, 0.3) is 0 Å². The molecule has 1 aliphatic rings. The number of hydrogen-bond acceptors (Lipinski definition) is 1. The first-order chi connectivity index (χ1) is 6.53. The van der Waals surface area contributed by atoms with Gasteiger partial charge in [0.2, 0.25) is 0 Å². The summed E-state index contributed by atoms with van der Waals surface area (Å²) < 4.78 is 13.4. The smallest absolute Gasteiger partial charge is 0.130 e. The monoisotopic (exact) mass is 214 g/mol.